The number of nitrogens with one attached hydrogen (secondary N) is 2. The number of H-pyrrole nitrogens is 1. The molecule has 1 atom stereocenters. The topological polar surface area (TPSA) is 105 Å². The zero-order valence-electron chi connectivity index (χ0n) is 16.3. The fourth-order valence-corrected chi connectivity index (χ4v) is 3.58. The van der Waals surface area contributed by atoms with Gasteiger partial charge >= 0.3 is 0 Å². The molecule has 2 heterocycles. The minimum Gasteiger partial charge on any atom is -0.508 e. The van der Waals surface area contributed by atoms with E-state index < -0.39 is 0 Å². The number of anilines is 1. The Hall–Kier alpha value is -3.91. The van der Waals surface area contributed by atoms with Crippen LogP contribution in [0.25, 0.3) is 11.0 Å². The number of aromatic amines is 1. The van der Waals surface area contributed by atoms with Crippen molar-refractivity contribution in [3.8, 4) is 5.75 Å². The monoisotopic (exact) mass is 431 g/mol. The molecule has 0 fully saturated rings. The van der Waals surface area contributed by atoms with E-state index in [0.717, 1.165) is 27.8 Å². The summed E-state index contributed by atoms with van der Waals surface area (Å²) in [6, 6.07) is 20.1. The molecule has 0 aliphatic carbocycles. The minimum atomic E-state index is -0.344. The number of imidazole rings is 1. The molecule has 31 heavy (non-hydrogen) atoms. The first-order chi connectivity index (χ1) is 15.2. The van der Waals surface area contributed by atoms with Gasteiger partial charge in [0.05, 0.1) is 23.9 Å². The number of tetrazole rings is 1. The van der Waals surface area contributed by atoms with Gasteiger partial charge in [0.1, 0.15) is 11.8 Å². The minimum absolute atomic E-state index is 0.196. The van der Waals surface area contributed by atoms with Crippen molar-refractivity contribution in [3.63, 3.8) is 0 Å². The molecule has 0 radical (unpaired) electrons. The molecule has 9 heteroatoms. The molecular formula is C22H18ClN7O. The molecule has 1 unspecified atom stereocenters. The lowest BCUT2D eigenvalue weighted by Crippen LogP contribution is -2.19. The number of phenolic OH excluding ortho intramolecular Hbond substituents is 1. The van der Waals surface area contributed by atoms with Gasteiger partial charge in [-0.05, 0) is 64.0 Å². The Labute approximate surface area is 182 Å². The molecule has 0 amide bonds. The Balaban J connectivity index is 1.52. The fourth-order valence-electron chi connectivity index (χ4n) is 3.45. The highest BCUT2D eigenvalue weighted by Crippen LogP contribution is 2.28. The zero-order valence-corrected chi connectivity index (χ0v) is 17.0. The molecule has 0 aliphatic heterocycles. The summed E-state index contributed by atoms with van der Waals surface area (Å²) < 4.78 is 1.75. The van der Waals surface area contributed by atoms with Crippen molar-refractivity contribution in [2.45, 2.75) is 12.6 Å². The third-order valence-corrected chi connectivity index (χ3v) is 5.27. The summed E-state index contributed by atoms with van der Waals surface area (Å²) in [6.45, 7) is 0.495. The number of aromatic nitrogens is 6. The first-order valence-electron chi connectivity index (χ1n) is 9.65. The molecule has 3 aromatic carbocycles. The van der Waals surface area contributed by atoms with Crippen LogP contribution in [0.2, 0.25) is 5.02 Å². The Bertz CT molecular complexity index is 1310. The van der Waals surface area contributed by atoms with Gasteiger partial charge in [0.25, 0.3) is 0 Å². The van der Waals surface area contributed by atoms with Crippen LogP contribution in [0.15, 0.2) is 73.1 Å². The molecule has 0 spiro atoms. The lowest BCUT2D eigenvalue weighted by molar-refractivity contribution is 0.475. The standard InChI is InChI=1S/C22H18ClN7O/c23-16-5-1-14(2-6-16)12-30-22(27-28-29-30)21(15-3-8-18(31)9-4-15)26-17-7-10-19-20(11-17)25-13-24-19/h1-11,13,21,26,31H,12H2,(H,24,25). The van der Waals surface area contributed by atoms with Crippen molar-refractivity contribution in [2.75, 3.05) is 5.32 Å². The van der Waals surface area contributed by atoms with Crippen LogP contribution in [0.3, 0.4) is 0 Å². The lowest BCUT2D eigenvalue weighted by atomic mass is 10.0. The van der Waals surface area contributed by atoms with Crippen LogP contribution in [0.4, 0.5) is 5.69 Å². The lowest BCUT2D eigenvalue weighted by Gasteiger charge is -2.20. The van der Waals surface area contributed by atoms with Crippen LogP contribution in [0, 0.1) is 0 Å². The number of nitrogens with zero attached hydrogens (tertiary/aromatic N) is 5. The maximum atomic E-state index is 9.74. The molecule has 8 nitrogen and oxygen atoms in total. The van der Waals surface area contributed by atoms with Crippen molar-refractivity contribution in [1.29, 1.82) is 0 Å². The second-order valence-corrected chi connectivity index (χ2v) is 7.56. The maximum absolute atomic E-state index is 9.74. The van der Waals surface area contributed by atoms with Crippen molar-refractivity contribution in [2.24, 2.45) is 0 Å². The highest BCUT2D eigenvalue weighted by Gasteiger charge is 2.22. The average Bonchev–Trinajstić information content (AvgIpc) is 3.43. The second-order valence-electron chi connectivity index (χ2n) is 7.12. The molecule has 3 N–H and O–H groups in total. The van der Waals surface area contributed by atoms with Crippen molar-refractivity contribution < 1.29 is 5.11 Å². The Kier molecular flexibility index (Phi) is 4.97. The molecule has 5 rings (SSSR count). The van der Waals surface area contributed by atoms with Crippen LogP contribution in [0.1, 0.15) is 23.0 Å². The van der Waals surface area contributed by atoms with E-state index in [0.29, 0.717) is 17.4 Å². The zero-order chi connectivity index (χ0) is 21.2. The third-order valence-electron chi connectivity index (χ3n) is 5.02. The van der Waals surface area contributed by atoms with Gasteiger partial charge in [-0.3, -0.25) is 0 Å². The average molecular weight is 432 g/mol. The largest absolute Gasteiger partial charge is 0.508 e. The number of rotatable bonds is 6. The number of hydrogen-bond donors (Lipinski definition) is 3. The number of fused-ring (bicyclic) bond motifs is 1. The Morgan fingerprint density at radius 1 is 1.03 bits per heavy atom. The molecule has 5 aromatic rings. The number of hydrogen-bond acceptors (Lipinski definition) is 6. The fraction of sp³-hybridized carbons (Fsp3) is 0.0909. The first-order valence-corrected chi connectivity index (χ1v) is 10.0. The first kappa shape index (κ1) is 19.1. The molecule has 0 saturated heterocycles. The van der Waals surface area contributed by atoms with Gasteiger partial charge in [-0.15, -0.1) is 5.10 Å². The van der Waals surface area contributed by atoms with E-state index in [9.17, 15) is 5.11 Å². The predicted octanol–water partition coefficient (Wildman–Crippen LogP) is 4.16. The van der Waals surface area contributed by atoms with Crippen molar-refractivity contribution in [3.05, 3.63) is 95.0 Å². The van der Waals surface area contributed by atoms with Gasteiger partial charge in [-0.1, -0.05) is 35.9 Å². The van der Waals surface area contributed by atoms with E-state index in [1.165, 1.54) is 0 Å². The highest BCUT2D eigenvalue weighted by atomic mass is 35.5. The molecule has 154 valence electrons. The van der Waals surface area contributed by atoms with Crippen LogP contribution in [0.5, 0.6) is 5.75 Å². The van der Waals surface area contributed by atoms with Crippen LogP contribution in [-0.4, -0.2) is 35.3 Å². The van der Waals surface area contributed by atoms with Gasteiger partial charge in [0.2, 0.25) is 0 Å². The van der Waals surface area contributed by atoms with Crippen molar-refractivity contribution in [1.82, 2.24) is 30.2 Å². The molecule has 0 bridgehead atoms. The number of halogens is 1. The SMILES string of the molecule is Oc1ccc(C(Nc2ccc3nc[nH]c3c2)c2nnnn2Cc2ccc(Cl)cc2)cc1. The van der Waals surface area contributed by atoms with E-state index in [2.05, 4.69) is 30.8 Å². The van der Waals surface area contributed by atoms with Crippen molar-refractivity contribution >= 4 is 28.3 Å². The van der Waals surface area contributed by atoms with Crippen LogP contribution < -0.4 is 5.32 Å². The second kappa shape index (κ2) is 8.08. The molecular weight excluding hydrogens is 414 g/mol. The molecule has 0 aliphatic rings. The van der Waals surface area contributed by atoms with Gasteiger partial charge in [0.15, 0.2) is 5.82 Å². The summed E-state index contributed by atoms with van der Waals surface area (Å²) in [5.41, 5.74) is 4.64. The maximum Gasteiger partial charge on any atom is 0.178 e. The summed E-state index contributed by atoms with van der Waals surface area (Å²) in [5.74, 6) is 0.840. The van der Waals surface area contributed by atoms with E-state index in [-0.39, 0.29) is 11.8 Å². The van der Waals surface area contributed by atoms with E-state index >= 15 is 0 Å². The Morgan fingerprint density at radius 3 is 2.65 bits per heavy atom. The quantitative estimate of drug-likeness (QED) is 0.373. The summed E-state index contributed by atoms with van der Waals surface area (Å²) >= 11 is 6.01. The number of phenols is 1. The number of benzene rings is 3. The predicted molar refractivity (Wildman–Crippen MR) is 118 cm³/mol. The summed E-state index contributed by atoms with van der Waals surface area (Å²) in [4.78, 5) is 7.39. The van der Waals surface area contributed by atoms with Crippen LogP contribution >= 0.6 is 11.6 Å². The van der Waals surface area contributed by atoms with Gasteiger partial charge < -0.3 is 15.4 Å². The highest BCUT2D eigenvalue weighted by molar-refractivity contribution is 6.30. The Morgan fingerprint density at radius 2 is 1.84 bits per heavy atom. The van der Waals surface area contributed by atoms with Crippen LogP contribution in [-0.2, 0) is 6.54 Å². The summed E-state index contributed by atoms with van der Waals surface area (Å²) in [6.07, 6.45) is 1.67. The van der Waals surface area contributed by atoms with Gasteiger partial charge in [0, 0.05) is 10.7 Å². The van der Waals surface area contributed by atoms with E-state index in [1.54, 1.807) is 23.1 Å². The summed E-state index contributed by atoms with van der Waals surface area (Å²) in [5, 5.41) is 26.4. The van der Waals surface area contributed by atoms with E-state index in [4.69, 9.17) is 11.6 Å². The molecule has 2 aromatic heterocycles. The number of aromatic hydroxyl groups is 1. The third kappa shape index (κ3) is 4.06. The normalized spacial score (nSPS) is 12.2. The van der Waals surface area contributed by atoms with Gasteiger partial charge in [-0.25, -0.2) is 9.67 Å². The van der Waals surface area contributed by atoms with E-state index in [1.807, 2.05) is 54.6 Å². The molecule has 0 saturated carbocycles. The summed E-state index contributed by atoms with van der Waals surface area (Å²) in [7, 11) is 0. The van der Waals surface area contributed by atoms with Gasteiger partial charge in [-0.2, -0.15) is 0 Å². The smallest absolute Gasteiger partial charge is 0.178 e.